The predicted molar refractivity (Wildman–Crippen MR) is 100 cm³/mol. The summed E-state index contributed by atoms with van der Waals surface area (Å²) in [7, 11) is 1.93. The Morgan fingerprint density at radius 1 is 1.31 bits per heavy atom. The number of amides is 1. The number of hydrogen-bond donors (Lipinski definition) is 2. The third-order valence-electron chi connectivity index (χ3n) is 5.25. The third kappa shape index (κ3) is 3.90. The van der Waals surface area contributed by atoms with Crippen molar-refractivity contribution in [2.45, 2.75) is 38.2 Å². The number of benzene rings is 1. The molecule has 6 heteroatoms. The number of rotatable bonds is 4. The van der Waals surface area contributed by atoms with Gasteiger partial charge in [0.05, 0.1) is 5.69 Å². The number of nitrogens with one attached hydrogen (secondary N) is 2. The maximum Gasteiger partial charge on any atom is 0.227 e. The van der Waals surface area contributed by atoms with E-state index >= 15 is 0 Å². The number of carbonyl (C=O) groups is 1. The highest BCUT2D eigenvalue weighted by Gasteiger charge is 2.27. The van der Waals surface area contributed by atoms with Crippen LogP contribution in [0.2, 0.25) is 0 Å². The van der Waals surface area contributed by atoms with Crippen molar-refractivity contribution in [2.75, 3.05) is 18.4 Å². The lowest BCUT2D eigenvalue weighted by Gasteiger charge is -2.24. The number of ether oxygens (including phenoxy) is 1. The van der Waals surface area contributed by atoms with Crippen LogP contribution in [0, 0.1) is 5.92 Å². The first kappa shape index (κ1) is 17.1. The summed E-state index contributed by atoms with van der Waals surface area (Å²) in [6.45, 7) is 2.00. The van der Waals surface area contributed by atoms with Crippen molar-refractivity contribution in [1.82, 2.24) is 15.1 Å². The minimum atomic E-state index is -0.0219. The minimum Gasteiger partial charge on any atom is -0.490 e. The molecule has 1 fully saturated rings. The summed E-state index contributed by atoms with van der Waals surface area (Å²) in [6, 6.07) is 7.74. The van der Waals surface area contributed by atoms with E-state index in [0.29, 0.717) is 6.42 Å². The van der Waals surface area contributed by atoms with Gasteiger partial charge in [-0.1, -0.05) is 6.07 Å². The van der Waals surface area contributed by atoms with Crippen molar-refractivity contribution in [1.29, 1.82) is 0 Å². The predicted octanol–water partition coefficient (Wildman–Crippen LogP) is 2.29. The Labute approximate surface area is 153 Å². The number of fused-ring (bicyclic) bond motifs is 1. The molecule has 1 aliphatic carbocycles. The molecule has 1 unspecified atom stereocenters. The molecule has 2 N–H and O–H groups in total. The molecule has 0 saturated carbocycles. The minimum absolute atomic E-state index is 0.0219. The Bertz CT molecular complexity index is 780. The van der Waals surface area contributed by atoms with Gasteiger partial charge in [0.1, 0.15) is 11.9 Å². The molecule has 138 valence electrons. The van der Waals surface area contributed by atoms with E-state index in [1.165, 1.54) is 5.56 Å². The zero-order valence-electron chi connectivity index (χ0n) is 15.2. The molecule has 0 radical (unpaired) electrons. The summed E-state index contributed by atoms with van der Waals surface area (Å²) in [4.78, 5) is 12.7. The van der Waals surface area contributed by atoms with E-state index in [1.54, 1.807) is 0 Å². The molecule has 1 aromatic carbocycles. The summed E-state index contributed by atoms with van der Waals surface area (Å²) < 4.78 is 7.91. The molecule has 2 aliphatic rings. The van der Waals surface area contributed by atoms with Gasteiger partial charge in [-0.3, -0.25) is 9.48 Å². The van der Waals surface area contributed by atoms with Crippen molar-refractivity contribution in [3.8, 4) is 5.75 Å². The molecule has 1 atom stereocenters. The fourth-order valence-corrected chi connectivity index (χ4v) is 3.85. The van der Waals surface area contributed by atoms with Crippen molar-refractivity contribution in [2.24, 2.45) is 13.0 Å². The molecular weight excluding hydrogens is 328 g/mol. The SMILES string of the molecule is Cn1cc2c(n1)CC(C(=O)Nc1cccc(OC3CCNCC3)c1)CC2. The van der Waals surface area contributed by atoms with Crippen LogP contribution in [0.15, 0.2) is 30.5 Å². The fourth-order valence-electron chi connectivity index (χ4n) is 3.85. The highest BCUT2D eigenvalue weighted by atomic mass is 16.5. The van der Waals surface area contributed by atoms with Crippen LogP contribution in [0.1, 0.15) is 30.5 Å². The number of carbonyl (C=O) groups excluding carboxylic acids is 1. The quantitative estimate of drug-likeness (QED) is 0.884. The lowest BCUT2D eigenvalue weighted by Crippen LogP contribution is -2.34. The molecule has 2 heterocycles. The second-order valence-electron chi connectivity index (χ2n) is 7.30. The molecule has 1 saturated heterocycles. The van der Waals surface area contributed by atoms with E-state index in [9.17, 15) is 4.79 Å². The number of hydrogen-bond acceptors (Lipinski definition) is 4. The van der Waals surface area contributed by atoms with Crippen molar-refractivity contribution in [3.05, 3.63) is 41.7 Å². The zero-order chi connectivity index (χ0) is 17.9. The second-order valence-corrected chi connectivity index (χ2v) is 7.30. The van der Waals surface area contributed by atoms with Gasteiger partial charge in [-0.25, -0.2) is 0 Å². The molecule has 2 aromatic rings. The van der Waals surface area contributed by atoms with Gasteiger partial charge in [0.15, 0.2) is 0 Å². The van der Waals surface area contributed by atoms with Crippen LogP contribution in [0.25, 0.3) is 0 Å². The topological polar surface area (TPSA) is 68.2 Å². The summed E-state index contributed by atoms with van der Waals surface area (Å²) in [5.74, 6) is 0.872. The van der Waals surface area contributed by atoms with Crippen LogP contribution >= 0.6 is 0 Å². The van der Waals surface area contributed by atoms with E-state index in [4.69, 9.17) is 4.74 Å². The largest absolute Gasteiger partial charge is 0.490 e. The van der Waals surface area contributed by atoms with Crippen LogP contribution in [0.5, 0.6) is 5.75 Å². The van der Waals surface area contributed by atoms with Crippen LogP contribution in [-0.4, -0.2) is 34.9 Å². The first-order valence-electron chi connectivity index (χ1n) is 9.47. The maximum atomic E-state index is 12.7. The molecule has 1 aromatic heterocycles. The van der Waals surface area contributed by atoms with Gasteiger partial charge in [-0.15, -0.1) is 0 Å². The number of aromatic nitrogens is 2. The monoisotopic (exact) mass is 354 g/mol. The molecule has 4 rings (SSSR count). The Morgan fingerprint density at radius 3 is 3.00 bits per heavy atom. The molecule has 26 heavy (non-hydrogen) atoms. The van der Waals surface area contributed by atoms with Crippen LogP contribution in [-0.2, 0) is 24.7 Å². The van der Waals surface area contributed by atoms with E-state index in [1.807, 2.05) is 36.0 Å². The number of aryl methyl sites for hydroxylation is 2. The standard InChI is InChI=1S/C20H26N4O2/c1-24-13-15-6-5-14(11-19(15)23-24)20(25)22-16-3-2-4-18(12-16)26-17-7-9-21-10-8-17/h2-4,12-14,17,21H,5-11H2,1H3,(H,22,25). The normalized spacial score (nSPS) is 20.4. The third-order valence-corrected chi connectivity index (χ3v) is 5.25. The Kier molecular flexibility index (Phi) is 4.93. The van der Waals surface area contributed by atoms with Crippen molar-refractivity contribution >= 4 is 11.6 Å². The molecule has 1 amide bonds. The lowest BCUT2D eigenvalue weighted by molar-refractivity contribution is -0.120. The Hall–Kier alpha value is -2.34. The van der Waals surface area contributed by atoms with Gasteiger partial charge in [-0.05, 0) is 56.5 Å². The smallest absolute Gasteiger partial charge is 0.227 e. The van der Waals surface area contributed by atoms with Crippen molar-refractivity contribution in [3.63, 3.8) is 0 Å². The summed E-state index contributed by atoms with van der Waals surface area (Å²) in [6.07, 6.45) is 6.85. The number of piperidine rings is 1. The van der Waals surface area contributed by atoms with Crippen LogP contribution in [0.3, 0.4) is 0 Å². The van der Waals surface area contributed by atoms with Crippen LogP contribution in [0.4, 0.5) is 5.69 Å². The highest BCUT2D eigenvalue weighted by molar-refractivity contribution is 5.93. The lowest BCUT2D eigenvalue weighted by atomic mass is 9.87. The van der Waals surface area contributed by atoms with Gasteiger partial charge in [0.25, 0.3) is 0 Å². The Morgan fingerprint density at radius 2 is 2.15 bits per heavy atom. The van der Waals surface area contributed by atoms with Gasteiger partial charge in [0, 0.05) is 37.3 Å². The summed E-state index contributed by atoms with van der Waals surface area (Å²) in [5.41, 5.74) is 3.13. The molecule has 0 spiro atoms. The molecule has 6 nitrogen and oxygen atoms in total. The van der Waals surface area contributed by atoms with E-state index in [2.05, 4.69) is 21.9 Å². The molecule has 0 bridgehead atoms. The van der Waals surface area contributed by atoms with Gasteiger partial charge in [-0.2, -0.15) is 5.10 Å². The van der Waals surface area contributed by atoms with E-state index < -0.39 is 0 Å². The molecular formula is C20H26N4O2. The molecule has 1 aliphatic heterocycles. The first-order chi connectivity index (χ1) is 12.7. The van der Waals surface area contributed by atoms with Gasteiger partial charge >= 0.3 is 0 Å². The maximum absolute atomic E-state index is 12.7. The highest BCUT2D eigenvalue weighted by Crippen LogP contribution is 2.26. The average molecular weight is 354 g/mol. The van der Waals surface area contributed by atoms with Gasteiger partial charge in [0.2, 0.25) is 5.91 Å². The summed E-state index contributed by atoms with van der Waals surface area (Å²) >= 11 is 0. The fraction of sp³-hybridized carbons (Fsp3) is 0.500. The average Bonchev–Trinajstić information content (AvgIpc) is 3.02. The number of nitrogens with zero attached hydrogens (tertiary/aromatic N) is 2. The first-order valence-corrected chi connectivity index (χ1v) is 9.47. The van der Waals surface area contributed by atoms with Crippen LogP contribution < -0.4 is 15.4 Å². The number of anilines is 1. The van der Waals surface area contributed by atoms with E-state index in [0.717, 1.165) is 55.9 Å². The Balaban J connectivity index is 1.37. The second kappa shape index (κ2) is 7.50. The van der Waals surface area contributed by atoms with Gasteiger partial charge < -0.3 is 15.4 Å². The zero-order valence-corrected chi connectivity index (χ0v) is 15.2. The van der Waals surface area contributed by atoms with Crippen molar-refractivity contribution < 1.29 is 9.53 Å². The van der Waals surface area contributed by atoms with E-state index in [-0.39, 0.29) is 17.9 Å². The summed E-state index contributed by atoms with van der Waals surface area (Å²) in [5, 5.41) is 10.9.